The van der Waals surface area contributed by atoms with Crippen molar-refractivity contribution in [2.45, 2.75) is 43.2 Å². The van der Waals surface area contributed by atoms with Gasteiger partial charge in [0.1, 0.15) is 0 Å². The summed E-state index contributed by atoms with van der Waals surface area (Å²) in [5.41, 5.74) is 1.83. The molecule has 0 unspecified atom stereocenters. The zero-order valence-electron chi connectivity index (χ0n) is 13.7. The molecule has 0 aromatic heterocycles. The van der Waals surface area contributed by atoms with Crippen LogP contribution in [-0.2, 0) is 16.4 Å². The quantitative estimate of drug-likeness (QED) is 0.846. The fourth-order valence-electron chi connectivity index (χ4n) is 3.25. The molecule has 0 aliphatic heterocycles. The predicted molar refractivity (Wildman–Crippen MR) is 94.2 cm³/mol. The van der Waals surface area contributed by atoms with Crippen LogP contribution < -0.4 is 4.72 Å². The second-order valence-electron chi connectivity index (χ2n) is 6.57. The summed E-state index contributed by atoms with van der Waals surface area (Å²) in [7, 11) is -3.58. The number of aryl methyl sites for hydroxylation is 1. The van der Waals surface area contributed by atoms with Gasteiger partial charge in [0.15, 0.2) is 0 Å². The molecular formula is C19H23NO3S. The molecule has 3 rings (SSSR count). The van der Waals surface area contributed by atoms with Gasteiger partial charge in [0.25, 0.3) is 0 Å². The highest BCUT2D eigenvalue weighted by Gasteiger charge is 2.36. The minimum Gasteiger partial charge on any atom is -0.393 e. The molecule has 2 aromatic rings. The maximum Gasteiger partial charge on any atom is 0.241 e. The molecular weight excluding hydrogens is 322 g/mol. The van der Waals surface area contributed by atoms with Crippen molar-refractivity contribution in [1.29, 1.82) is 0 Å². The van der Waals surface area contributed by atoms with Gasteiger partial charge in [0.2, 0.25) is 10.0 Å². The Morgan fingerprint density at radius 2 is 1.71 bits per heavy atom. The lowest BCUT2D eigenvalue weighted by molar-refractivity contribution is 0.0283. The van der Waals surface area contributed by atoms with E-state index < -0.39 is 10.0 Å². The van der Waals surface area contributed by atoms with Crippen LogP contribution in [0.1, 0.15) is 24.0 Å². The number of benzene rings is 2. The van der Waals surface area contributed by atoms with Crippen molar-refractivity contribution < 1.29 is 13.5 Å². The minimum absolute atomic E-state index is 0.166. The van der Waals surface area contributed by atoms with Crippen LogP contribution in [-0.4, -0.2) is 25.7 Å². The molecule has 1 atom stereocenters. The maximum atomic E-state index is 12.8. The van der Waals surface area contributed by atoms with E-state index >= 15 is 0 Å². The largest absolute Gasteiger partial charge is 0.393 e. The first kappa shape index (κ1) is 17.1. The number of nitrogens with one attached hydrogen (secondary N) is 1. The highest BCUT2D eigenvalue weighted by atomic mass is 32.2. The van der Waals surface area contributed by atoms with Gasteiger partial charge in [-0.05, 0) is 49.3 Å². The lowest BCUT2D eigenvalue weighted by Gasteiger charge is -2.38. The smallest absolute Gasteiger partial charge is 0.241 e. The summed E-state index contributed by atoms with van der Waals surface area (Å²) in [6.07, 6.45) is 1.61. The summed E-state index contributed by atoms with van der Waals surface area (Å²) in [5.74, 6) is 0.166. The average Bonchev–Trinajstić information content (AvgIpc) is 2.52. The zero-order chi connectivity index (χ0) is 17.2. The highest BCUT2D eigenvalue weighted by Crippen LogP contribution is 2.32. The topological polar surface area (TPSA) is 66.4 Å². The summed E-state index contributed by atoms with van der Waals surface area (Å²) < 4.78 is 28.5. The Morgan fingerprint density at radius 3 is 2.33 bits per heavy atom. The molecule has 1 saturated carbocycles. The molecule has 128 valence electrons. The van der Waals surface area contributed by atoms with Crippen LogP contribution in [0.3, 0.4) is 0 Å². The van der Waals surface area contributed by atoms with E-state index in [1.807, 2.05) is 36.4 Å². The van der Waals surface area contributed by atoms with Crippen LogP contribution >= 0.6 is 0 Å². The Hall–Kier alpha value is -1.69. The molecule has 1 aliphatic carbocycles. The third-order valence-electron chi connectivity index (χ3n) is 4.71. The Morgan fingerprint density at radius 1 is 1.08 bits per heavy atom. The van der Waals surface area contributed by atoms with Crippen molar-refractivity contribution in [2.24, 2.45) is 5.92 Å². The Labute approximate surface area is 143 Å². The van der Waals surface area contributed by atoms with Crippen LogP contribution in [0.25, 0.3) is 0 Å². The van der Waals surface area contributed by atoms with Crippen molar-refractivity contribution in [3.63, 3.8) is 0 Å². The van der Waals surface area contributed by atoms with E-state index in [4.69, 9.17) is 0 Å². The van der Waals surface area contributed by atoms with Gasteiger partial charge in [0.05, 0.1) is 11.0 Å². The molecule has 5 heteroatoms. The van der Waals surface area contributed by atoms with Crippen molar-refractivity contribution in [2.75, 3.05) is 0 Å². The number of hydrogen-bond donors (Lipinski definition) is 2. The van der Waals surface area contributed by atoms with Crippen LogP contribution in [0.5, 0.6) is 0 Å². The summed E-state index contributed by atoms with van der Waals surface area (Å²) in [5, 5.41) is 9.62. The SMILES string of the molecule is Cc1ccccc1S(=O)(=O)N[C@@H](Cc1ccccc1)C1CC(O)C1. The van der Waals surface area contributed by atoms with Gasteiger partial charge in [-0.2, -0.15) is 0 Å². The summed E-state index contributed by atoms with van der Waals surface area (Å²) in [6.45, 7) is 1.80. The fraction of sp³-hybridized carbons (Fsp3) is 0.368. The van der Waals surface area contributed by atoms with Crippen molar-refractivity contribution >= 4 is 10.0 Å². The molecule has 0 spiro atoms. The standard InChI is InChI=1S/C19H23NO3S/c1-14-7-5-6-10-19(14)24(22,23)20-18(16-12-17(21)13-16)11-15-8-3-2-4-9-15/h2-10,16-18,20-21H,11-13H2,1H3/t16?,17?,18-/m0/s1. The molecule has 2 aromatic carbocycles. The van der Waals surface area contributed by atoms with E-state index in [0.717, 1.165) is 11.1 Å². The van der Waals surface area contributed by atoms with Crippen LogP contribution in [0.2, 0.25) is 0 Å². The maximum absolute atomic E-state index is 12.8. The van der Waals surface area contributed by atoms with E-state index in [2.05, 4.69) is 4.72 Å². The second kappa shape index (κ2) is 7.05. The average molecular weight is 345 g/mol. The van der Waals surface area contributed by atoms with Gasteiger partial charge in [-0.3, -0.25) is 0 Å². The summed E-state index contributed by atoms with van der Waals surface area (Å²) in [4.78, 5) is 0.322. The number of sulfonamides is 1. The first-order valence-corrected chi connectivity index (χ1v) is 9.74. The van der Waals surface area contributed by atoms with Crippen molar-refractivity contribution in [3.8, 4) is 0 Å². The monoisotopic (exact) mass is 345 g/mol. The van der Waals surface area contributed by atoms with Crippen LogP contribution in [0.4, 0.5) is 0 Å². The molecule has 4 nitrogen and oxygen atoms in total. The Bertz CT molecular complexity index is 783. The third-order valence-corrected chi connectivity index (χ3v) is 6.36. The lowest BCUT2D eigenvalue weighted by Crippen LogP contribution is -2.48. The zero-order valence-corrected chi connectivity index (χ0v) is 14.5. The Balaban J connectivity index is 1.82. The molecule has 2 N–H and O–H groups in total. The van der Waals surface area contributed by atoms with Gasteiger partial charge < -0.3 is 5.11 Å². The summed E-state index contributed by atoms with van der Waals surface area (Å²) in [6, 6.07) is 16.7. The van der Waals surface area contributed by atoms with Gasteiger partial charge in [-0.15, -0.1) is 0 Å². The minimum atomic E-state index is -3.58. The van der Waals surface area contributed by atoms with Gasteiger partial charge in [-0.25, -0.2) is 13.1 Å². The van der Waals surface area contributed by atoms with Gasteiger partial charge >= 0.3 is 0 Å². The first-order valence-electron chi connectivity index (χ1n) is 8.25. The van der Waals surface area contributed by atoms with Gasteiger partial charge in [-0.1, -0.05) is 48.5 Å². The number of aliphatic hydroxyl groups is 1. The lowest BCUT2D eigenvalue weighted by atomic mass is 9.76. The third kappa shape index (κ3) is 3.86. The molecule has 0 heterocycles. The first-order chi connectivity index (χ1) is 11.5. The Kier molecular flexibility index (Phi) is 5.04. The second-order valence-corrected chi connectivity index (χ2v) is 8.25. The number of aliphatic hydroxyl groups excluding tert-OH is 1. The van der Waals surface area contributed by atoms with E-state index in [1.165, 1.54) is 0 Å². The molecule has 24 heavy (non-hydrogen) atoms. The molecule has 0 amide bonds. The molecule has 1 aliphatic rings. The fourth-order valence-corrected chi connectivity index (χ4v) is 4.80. The highest BCUT2D eigenvalue weighted by molar-refractivity contribution is 7.89. The van der Waals surface area contributed by atoms with Crippen molar-refractivity contribution in [1.82, 2.24) is 4.72 Å². The van der Waals surface area contributed by atoms with Crippen LogP contribution in [0, 0.1) is 12.8 Å². The number of hydrogen-bond acceptors (Lipinski definition) is 3. The summed E-state index contributed by atoms with van der Waals surface area (Å²) >= 11 is 0. The van der Waals surface area contributed by atoms with Crippen LogP contribution in [0.15, 0.2) is 59.5 Å². The molecule has 0 radical (unpaired) electrons. The van der Waals surface area contributed by atoms with E-state index in [0.29, 0.717) is 24.2 Å². The van der Waals surface area contributed by atoms with Crippen molar-refractivity contribution in [3.05, 3.63) is 65.7 Å². The normalized spacial score (nSPS) is 21.9. The molecule has 1 fully saturated rings. The molecule has 0 bridgehead atoms. The predicted octanol–water partition coefficient (Wildman–Crippen LogP) is 2.66. The molecule has 0 saturated heterocycles. The van der Waals surface area contributed by atoms with E-state index in [9.17, 15) is 13.5 Å². The van der Waals surface area contributed by atoms with E-state index in [-0.39, 0.29) is 18.1 Å². The van der Waals surface area contributed by atoms with Gasteiger partial charge in [0, 0.05) is 6.04 Å². The number of rotatable bonds is 6. The van der Waals surface area contributed by atoms with E-state index in [1.54, 1.807) is 25.1 Å².